The maximum absolute atomic E-state index is 3.89. The van der Waals surface area contributed by atoms with E-state index < -0.39 is 0 Å². The lowest BCUT2D eigenvalue weighted by Crippen LogP contribution is -2.71. The zero-order valence-corrected chi connectivity index (χ0v) is 17.6. The molecule has 0 spiro atoms. The summed E-state index contributed by atoms with van der Waals surface area (Å²) in [6.07, 6.45) is 5.34. The molecular formula is C18H42N6. The molecule has 4 atom stereocenters. The van der Waals surface area contributed by atoms with E-state index in [9.17, 15) is 0 Å². The molecule has 1 N–H and O–H groups in total. The van der Waals surface area contributed by atoms with Crippen LogP contribution in [0.15, 0.2) is 0 Å². The van der Waals surface area contributed by atoms with E-state index in [0.717, 1.165) is 19.4 Å². The summed E-state index contributed by atoms with van der Waals surface area (Å²) in [4.78, 5) is 7.02. The van der Waals surface area contributed by atoms with Crippen molar-refractivity contribution in [2.24, 2.45) is 0 Å². The average molecular weight is 343 g/mol. The van der Waals surface area contributed by atoms with E-state index in [4.69, 9.17) is 0 Å². The fourth-order valence-electron chi connectivity index (χ4n) is 4.12. The summed E-state index contributed by atoms with van der Waals surface area (Å²) in [6, 6.07) is 1.06. The van der Waals surface area contributed by atoms with E-state index >= 15 is 0 Å². The smallest absolute Gasteiger partial charge is 0.0911 e. The molecule has 6 heteroatoms. The monoisotopic (exact) mass is 342 g/mol. The summed E-state index contributed by atoms with van der Waals surface area (Å²) < 4.78 is 0. The van der Waals surface area contributed by atoms with E-state index in [2.05, 4.69) is 93.3 Å². The van der Waals surface area contributed by atoms with Gasteiger partial charge in [-0.15, -0.1) is 0 Å². The summed E-state index contributed by atoms with van der Waals surface area (Å²) in [7, 11) is 13.1. The highest BCUT2D eigenvalue weighted by Crippen LogP contribution is 2.23. The number of hydrogen-bond donors (Lipinski definition) is 1. The molecule has 1 heterocycles. The van der Waals surface area contributed by atoms with E-state index in [1.54, 1.807) is 0 Å². The van der Waals surface area contributed by atoms with Crippen molar-refractivity contribution in [3.8, 4) is 0 Å². The minimum Gasteiger partial charge on any atom is -0.305 e. The molecule has 0 radical (unpaired) electrons. The molecule has 0 saturated carbocycles. The van der Waals surface area contributed by atoms with Crippen LogP contribution in [-0.2, 0) is 0 Å². The maximum Gasteiger partial charge on any atom is 0.0911 e. The lowest BCUT2D eigenvalue weighted by molar-refractivity contribution is -0.218. The second-order valence-corrected chi connectivity index (χ2v) is 7.68. The van der Waals surface area contributed by atoms with Crippen LogP contribution in [0.2, 0.25) is 0 Å². The van der Waals surface area contributed by atoms with Crippen LogP contribution in [0.1, 0.15) is 46.5 Å². The number of hydrogen-bond acceptors (Lipinski definition) is 6. The molecular weight excluding hydrogens is 300 g/mol. The molecule has 0 aliphatic carbocycles. The minimum absolute atomic E-state index is 0.362. The zero-order chi connectivity index (χ0) is 18.4. The van der Waals surface area contributed by atoms with Crippen molar-refractivity contribution in [3.05, 3.63) is 0 Å². The van der Waals surface area contributed by atoms with Gasteiger partial charge in [0.1, 0.15) is 0 Å². The lowest BCUT2D eigenvalue weighted by atomic mass is 10.0. The van der Waals surface area contributed by atoms with Crippen molar-refractivity contribution >= 4 is 0 Å². The Bertz CT molecular complexity index is 346. The quantitative estimate of drug-likeness (QED) is 0.686. The van der Waals surface area contributed by atoms with E-state index in [1.807, 2.05) is 0 Å². The number of nitrogens with one attached hydrogen (secondary N) is 1. The van der Waals surface area contributed by atoms with Gasteiger partial charge < -0.3 is 4.90 Å². The van der Waals surface area contributed by atoms with Crippen molar-refractivity contribution in [2.45, 2.75) is 70.9 Å². The Kier molecular flexibility index (Phi) is 9.12. The number of nitrogens with zero attached hydrogens (tertiary/aromatic N) is 5. The normalized spacial score (nSPS) is 24.8. The van der Waals surface area contributed by atoms with Gasteiger partial charge in [-0.3, -0.25) is 9.80 Å². The first-order valence-corrected chi connectivity index (χ1v) is 9.59. The number of rotatable bonds is 9. The topological polar surface area (TPSA) is 28.2 Å². The summed E-state index contributed by atoms with van der Waals surface area (Å²) in [5.74, 6) is 0. The average Bonchev–Trinajstić information content (AvgIpc) is 2.50. The summed E-state index contributed by atoms with van der Waals surface area (Å²) in [5, 5.41) is 4.96. The Morgan fingerprint density at radius 3 is 1.75 bits per heavy atom. The maximum atomic E-state index is 3.89. The first kappa shape index (κ1) is 21.8. The highest BCUT2D eigenvalue weighted by molar-refractivity contribution is 4.86. The Morgan fingerprint density at radius 2 is 1.38 bits per heavy atom. The SMILES string of the molecule is CCC(C1CCN(C(CC)N(C)C)N(C(CC)N(C)C)N1)N(C)C. The van der Waals surface area contributed by atoms with Crippen molar-refractivity contribution in [1.82, 2.24) is 30.3 Å². The van der Waals surface area contributed by atoms with Crippen LogP contribution < -0.4 is 5.43 Å². The van der Waals surface area contributed by atoms with Gasteiger partial charge in [0.15, 0.2) is 0 Å². The van der Waals surface area contributed by atoms with Gasteiger partial charge in [0, 0.05) is 18.6 Å². The predicted molar refractivity (Wildman–Crippen MR) is 103 cm³/mol. The zero-order valence-electron chi connectivity index (χ0n) is 17.6. The molecule has 144 valence electrons. The van der Waals surface area contributed by atoms with Crippen LogP contribution in [0.3, 0.4) is 0 Å². The molecule has 1 saturated heterocycles. The van der Waals surface area contributed by atoms with Crippen LogP contribution >= 0.6 is 0 Å². The van der Waals surface area contributed by atoms with E-state index in [-0.39, 0.29) is 0 Å². The molecule has 6 nitrogen and oxygen atoms in total. The summed E-state index contributed by atoms with van der Waals surface area (Å²) in [5.41, 5.74) is 3.89. The molecule has 24 heavy (non-hydrogen) atoms. The third kappa shape index (κ3) is 5.13. The summed E-state index contributed by atoms with van der Waals surface area (Å²) in [6.45, 7) is 7.94. The van der Waals surface area contributed by atoms with Crippen molar-refractivity contribution < 1.29 is 0 Å². The molecule has 4 unspecified atom stereocenters. The predicted octanol–water partition coefficient (Wildman–Crippen LogP) is 1.72. The van der Waals surface area contributed by atoms with Gasteiger partial charge in [-0.1, -0.05) is 20.8 Å². The third-order valence-corrected chi connectivity index (χ3v) is 5.34. The Morgan fingerprint density at radius 1 is 0.833 bits per heavy atom. The van der Waals surface area contributed by atoms with Gasteiger partial charge in [0.25, 0.3) is 0 Å². The van der Waals surface area contributed by atoms with Gasteiger partial charge in [0.05, 0.1) is 12.3 Å². The highest BCUT2D eigenvalue weighted by atomic mass is 15.9. The second kappa shape index (κ2) is 10.0. The molecule has 0 amide bonds. The molecule has 0 aromatic heterocycles. The standard InChI is InChI=1S/C18H42N6/c1-10-16(20(4)5)15-13-14-23(17(11-2)21(6)7)24(19-15)18(12-3)22(8)9/h15-19H,10-14H2,1-9H3. The van der Waals surface area contributed by atoms with Crippen LogP contribution in [-0.4, -0.2) is 98.1 Å². The first-order valence-electron chi connectivity index (χ1n) is 9.59. The Balaban J connectivity index is 3.06. The Hall–Kier alpha value is -0.240. The van der Waals surface area contributed by atoms with Gasteiger partial charge in [0.2, 0.25) is 0 Å². The molecule has 0 bridgehead atoms. The molecule has 1 aliphatic heterocycles. The summed E-state index contributed by atoms with van der Waals surface area (Å²) >= 11 is 0. The van der Waals surface area contributed by atoms with Crippen molar-refractivity contribution in [3.63, 3.8) is 0 Å². The number of likely N-dealkylation sites (N-methyl/N-ethyl adjacent to an activating group) is 1. The van der Waals surface area contributed by atoms with Crippen LogP contribution in [0, 0.1) is 0 Å². The molecule has 1 fully saturated rings. The molecule has 1 rings (SSSR count). The van der Waals surface area contributed by atoms with Gasteiger partial charge in [-0.25, -0.2) is 10.4 Å². The van der Waals surface area contributed by atoms with Gasteiger partial charge in [-0.2, -0.15) is 5.12 Å². The number of hydrazine groups is 2. The fraction of sp³-hybridized carbons (Fsp3) is 1.00. The second-order valence-electron chi connectivity index (χ2n) is 7.68. The van der Waals surface area contributed by atoms with Crippen molar-refractivity contribution in [1.29, 1.82) is 0 Å². The largest absolute Gasteiger partial charge is 0.305 e. The molecule has 0 aromatic carbocycles. The van der Waals surface area contributed by atoms with Gasteiger partial charge >= 0.3 is 0 Å². The van der Waals surface area contributed by atoms with Crippen LogP contribution in [0.25, 0.3) is 0 Å². The van der Waals surface area contributed by atoms with E-state index in [0.29, 0.717) is 24.4 Å². The van der Waals surface area contributed by atoms with Gasteiger partial charge in [-0.05, 0) is 68.0 Å². The molecule has 1 aliphatic rings. The highest BCUT2D eigenvalue weighted by Gasteiger charge is 2.38. The van der Waals surface area contributed by atoms with Crippen LogP contribution in [0.5, 0.6) is 0 Å². The Labute approximate surface area is 150 Å². The van der Waals surface area contributed by atoms with E-state index in [1.165, 1.54) is 12.8 Å². The minimum atomic E-state index is 0.362. The van der Waals surface area contributed by atoms with Crippen molar-refractivity contribution in [2.75, 3.05) is 48.8 Å². The molecule has 0 aromatic rings. The van der Waals surface area contributed by atoms with Crippen LogP contribution in [0.4, 0.5) is 0 Å². The first-order chi connectivity index (χ1) is 11.3. The fourth-order valence-corrected chi connectivity index (χ4v) is 4.12. The third-order valence-electron chi connectivity index (χ3n) is 5.34. The lowest BCUT2D eigenvalue weighted by Gasteiger charge is -2.53.